The van der Waals surface area contributed by atoms with Crippen LogP contribution in [0.1, 0.15) is 48.9 Å². The molecule has 1 N–H and O–H groups in total. The molecule has 2 nitrogen and oxygen atoms in total. The van der Waals surface area contributed by atoms with Crippen molar-refractivity contribution in [2.45, 2.75) is 46.1 Å². The van der Waals surface area contributed by atoms with E-state index in [9.17, 15) is 0 Å². The third-order valence-electron chi connectivity index (χ3n) is 4.23. The lowest BCUT2D eigenvalue weighted by Crippen LogP contribution is -2.34. The van der Waals surface area contributed by atoms with E-state index in [1.807, 2.05) is 0 Å². The zero-order chi connectivity index (χ0) is 14.5. The molecule has 1 aromatic rings. The molecule has 1 fully saturated rings. The second kappa shape index (κ2) is 7.44. The van der Waals surface area contributed by atoms with Gasteiger partial charge in [0.05, 0.1) is 6.61 Å². The highest BCUT2D eigenvalue weighted by Crippen LogP contribution is 2.34. The standard InChI is InChI=1S/C17H26ClNO/c1-4-7-19-17(14-6-5-8-20-11-14)15-9-12(2)13(3)10-16(15)18/h9-10,14,17,19H,4-8,11H2,1-3H3. The summed E-state index contributed by atoms with van der Waals surface area (Å²) in [6.07, 6.45) is 3.49. The van der Waals surface area contributed by atoms with Gasteiger partial charge in [0.15, 0.2) is 0 Å². The van der Waals surface area contributed by atoms with Crippen molar-refractivity contribution in [1.29, 1.82) is 0 Å². The summed E-state index contributed by atoms with van der Waals surface area (Å²) >= 11 is 6.51. The molecule has 3 heteroatoms. The fraction of sp³-hybridized carbons (Fsp3) is 0.647. The van der Waals surface area contributed by atoms with Crippen LogP contribution in [0.4, 0.5) is 0 Å². The molecule has 2 atom stereocenters. The van der Waals surface area contributed by atoms with Gasteiger partial charge in [-0.05, 0) is 62.4 Å². The first-order valence-electron chi connectivity index (χ1n) is 7.71. The quantitative estimate of drug-likeness (QED) is 0.868. The Labute approximate surface area is 127 Å². The number of halogens is 1. The molecule has 2 unspecified atom stereocenters. The van der Waals surface area contributed by atoms with E-state index >= 15 is 0 Å². The monoisotopic (exact) mass is 295 g/mol. The molecule has 0 aliphatic carbocycles. The Kier molecular flexibility index (Phi) is 5.88. The fourth-order valence-corrected chi connectivity index (χ4v) is 3.24. The van der Waals surface area contributed by atoms with E-state index in [0.717, 1.165) is 37.6 Å². The van der Waals surface area contributed by atoms with Crippen molar-refractivity contribution in [2.24, 2.45) is 5.92 Å². The van der Waals surface area contributed by atoms with Gasteiger partial charge in [-0.25, -0.2) is 0 Å². The summed E-state index contributed by atoms with van der Waals surface area (Å²) in [6.45, 7) is 9.22. The third-order valence-corrected chi connectivity index (χ3v) is 4.56. The van der Waals surface area contributed by atoms with Gasteiger partial charge < -0.3 is 10.1 Å². The number of rotatable bonds is 5. The smallest absolute Gasteiger partial charge is 0.0512 e. The normalized spacial score (nSPS) is 20.9. The summed E-state index contributed by atoms with van der Waals surface area (Å²) in [7, 11) is 0. The molecule has 1 aliphatic rings. The van der Waals surface area contributed by atoms with Crippen LogP contribution in [-0.4, -0.2) is 19.8 Å². The molecule has 1 saturated heterocycles. The van der Waals surface area contributed by atoms with Gasteiger partial charge in [0.1, 0.15) is 0 Å². The Balaban J connectivity index is 2.27. The first-order valence-corrected chi connectivity index (χ1v) is 8.09. The van der Waals surface area contributed by atoms with Crippen LogP contribution >= 0.6 is 11.6 Å². The first-order chi connectivity index (χ1) is 9.63. The maximum Gasteiger partial charge on any atom is 0.0512 e. The molecular formula is C17H26ClNO. The molecule has 1 heterocycles. The minimum absolute atomic E-state index is 0.307. The van der Waals surface area contributed by atoms with Gasteiger partial charge in [-0.15, -0.1) is 0 Å². The number of hydrogen-bond acceptors (Lipinski definition) is 2. The van der Waals surface area contributed by atoms with E-state index in [1.54, 1.807) is 0 Å². The predicted molar refractivity (Wildman–Crippen MR) is 85.5 cm³/mol. The zero-order valence-corrected chi connectivity index (χ0v) is 13.6. The average molecular weight is 296 g/mol. The van der Waals surface area contributed by atoms with Crippen LogP contribution in [0.3, 0.4) is 0 Å². The fourth-order valence-electron chi connectivity index (χ4n) is 2.90. The van der Waals surface area contributed by atoms with Crippen molar-refractivity contribution < 1.29 is 4.74 Å². The lowest BCUT2D eigenvalue weighted by Gasteiger charge is -2.32. The molecule has 20 heavy (non-hydrogen) atoms. The molecule has 0 aromatic heterocycles. The Morgan fingerprint density at radius 1 is 1.35 bits per heavy atom. The Bertz CT molecular complexity index is 441. The van der Waals surface area contributed by atoms with Crippen LogP contribution in [-0.2, 0) is 4.74 Å². The molecule has 0 radical (unpaired) electrons. The van der Waals surface area contributed by atoms with Crippen LogP contribution in [0.25, 0.3) is 0 Å². The molecule has 0 spiro atoms. The van der Waals surface area contributed by atoms with E-state index in [0.29, 0.717) is 12.0 Å². The third kappa shape index (κ3) is 3.75. The lowest BCUT2D eigenvalue weighted by molar-refractivity contribution is 0.0390. The largest absolute Gasteiger partial charge is 0.381 e. The highest BCUT2D eigenvalue weighted by Gasteiger charge is 2.27. The number of benzene rings is 1. The van der Waals surface area contributed by atoms with Crippen LogP contribution in [0, 0.1) is 19.8 Å². The second-order valence-corrected chi connectivity index (χ2v) is 6.27. The van der Waals surface area contributed by atoms with Crippen molar-refractivity contribution in [3.8, 4) is 0 Å². The number of ether oxygens (including phenoxy) is 1. The van der Waals surface area contributed by atoms with E-state index in [1.165, 1.54) is 23.1 Å². The first kappa shape index (κ1) is 15.8. The maximum absolute atomic E-state index is 6.51. The minimum Gasteiger partial charge on any atom is -0.381 e. The van der Waals surface area contributed by atoms with Crippen molar-refractivity contribution in [2.75, 3.05) is 19.8 Å². The summed E-state index contributed by atoms with van der Waals surface area (Å²) in [5.74, 6) is 0.523. The molecule has 1 aliphatic heterocycles. The SMILES string of the molecule is CCCNC(c1cc(C)c(C)cc1Cl)C1CCCOC1. The summed E-state index contributed by atoms with van der Waals surface area (Å²) in [5.41, 5.74) is 3.80. The topological polar surface area (TPSA) is 21.3 Å². The average Bonchev–Trinajstić information content (AvgIpc) is 2.45. The summed E-state index contributed by atoms with van der Waals surface area (Å²) in [4.78, 5) is 0. The predicted octanol–water partition coefficient (Wildman–Crippen LogP) is 4.42. The lowest BCUT2D eigenvalue weighted by atomic mass is 9.87. The maximum atomic E-state index is 6.51. The van der Waals surface area contributed by atoms with Gasteiger partial charge in [0, 0.05) is 23.6 Å². The Morgan fingerprint density at radius 2 is 2.10 bits per heavy atom. The molecule has 1 aromatic carbocycles. The summed E-state index contributed by atoms with van der Waals surface area (Å²) in [5, 5.41) is 4.56. The van der Waals surface area contributed by atoms with E-state index < -0.39 is 0 Å². The molecule has 0 bridgehead atoms. The van der Waals surface area contributed by atoms with Crippen LogP contribution in [0.5, 0.6) is 0 Å². The van der Waals surface area contributed by atoms with Gasteiger partial charge in [0.25, 0.3) is 0 Å². The molecule has 0 saturated carbocycles. The highest BCUT2D eigenvalue weighted by atomic mass is 35.5. The van der Waals surface area contributed by atoms with Crippen molar-refractivity contribution in [3.05, 3.63) is 33.8 Å². The van der Waals surface area contributed by atoms with Gasteiger partial charge in [-0.3, -0.25) is 0 Å². The highest BCUT2D eigenvalue weighted by molar-refractivity contribution is 6.31. The van der Waals surface area contributed by atoms with Crippen molar-refractivity contribution in [1.82, 2.24) is 5.32 Å². The Morgan fingerprint density at radius 3 is 2.75 bits per heavy atom. The van der Waals surface area contributed by atoms with E-state index in [4.69, 9.17) is 16.3 Å². The van der Waals surface area contributed by atoms with Gasteiger partial charge in [-0.2, -0.15) is 0 Å². The second-order valence-electron chi connectivity index (χ2n) is 5.87. The van der Waals surface area contributed by atoms with Crippen LogP contribution < -0.4 is 5.32 Å². The summed E-state index contributed by atoms with van der Waals surface area (Å²) < 4.78 is 5.68. The van der Waals surface area contributed by atoms with Crippen LogP contribution in [0.15, 0.2) is 12.1 Å². The Hall–Kier alpha value is -0.570. The van der Waals surface area contributed by atoms with E-state index in [-0.39, 0.29) is 0 Å². The zero-order valence-electron chi connectivity index (χ0n) is 12.8. The van der Waals surface area contributed by atoms with Gasteiger partial charge in [-0.1, -0.05) is 24.6 Å². The molecule has 0 amide bonds. The molecule has 112 valence electrons. The molecule has 2 rings (SSSR count). The van der Waals surface area contributed by atoms with Gasteiger partial charge in [0.2, 0.25) is 0 Å². The van der Waals surface area contributed by atoms with Crippen molar-refractivity contribution >= 4 is 11.6 Å². The van der Waals surface area contributed by atoms with Gasteiger partial charge >= 0.3 is 0 Å². The number of nitrogens with one attached hydrogen (secondary N) is 1. The van der Waals surface area contributed by atoms with Crippen molar-refractivity contribution in [3.63, 3.8) is 0 Å². The van der Waals surface area contributed by atoms with Crippen LogP contribution in [0.2, 0.25) is 5.02 Å². The minimum atomic E-state index is 0.307. The number of hydrogen-bond donors (Lipinski definition) is 1. The molecular weight excluding hydrogens is 270 g/mol. The summed E-state index contributed by atoms with van der Waals surface area (Å²) in [6, 6.07) is 4.65. The van der Waals surface area contributed by atoms with E-state index in [2.05, 4.69) is 38.2 Å². The number of aryl methyl sites for hydroxylation is 2.